The summed E-state index contributed by atoms with van der Waals surface area (Å²) in [5.41, 5.74) is 0. The van der Waals surface area contributed by atoms with E-state index in [4.69, 9.17) is 4.55 Å². The van der Waals surface area contributed by atoms with Gasteiger partial charge in [-0.3, -0.25) is 4.55 Å². The zero-order chi connectivity index (χ0) is 19.8. The third-order valence-corrected chi connectivity index (χ3v) is 3.83. The van der Waals surface area contributed by atoms with Crippen LogP contribution in [0.15, 0.2) is 0 Å². The van der Waals surface area contributed by atoms with Gasteiger partial charge in [-0.1, -0.05) is 59.3 Å². The molecule has 0 aromatic carbocycles. The molecule has 0 aromatic rings. The third-order valence-electron chi connectivity index (χ3n) is 2.93. The Balaban J connectivity index is 0. The van der Waals surface area contributed by atoms with Crippen LogP contribution in [0.25, 0.3) is 0 Å². The van der Waals surface area contributed by atoms with Crippen LogP contribution in [0.3, 0.4) is 0 Å². The van der Waals surface area contributed by atoms with Crippen LogP contribution in [0, 0.1) is 5.92 Å². The average Bonchev–Trinajstić information content (AvgIpc) is 2.36. The van der Waals surface area contributed by atoms with Gasteiger partial charge in [-0.15, -0.1) is 0 Å². The van der Waals surface area contributed by atoms with E-state index in [1.807, 2.05) is 0 Å². The van der Waals surface area contributed by atoms with Gasteiger partial charge in [-0.05, 0) is 5.92 Å². The van der Waals surface area contributed by atoms with E-state index in [-0.39, 0.29) is 0 Å². The number of unbranched alkanes of at least 4 members (excludes halogenated alkanes) is 4. The van der Waals surface area contributed by atoms with Gasteiger partial charge >= 0.3 is 27.5 Å². The lowest BCUT2D eigenvalue weighted by Gasteiger charge is -2.25. The highest BCUT2D eigenvalue weighted by atomic mass is 32.2. The van der Waals surface area contributed by atoms with Crippen molar-refractivity contribution >= 4 is 10.1 Å². The van der Waals surface area contributed by atoms with Gasteiger partial charge in [0.1, 0.15) is 0 Å². The van der Waals surface area contributed by atoms with Crippen molar-refractivity contribution in [1.82, 2.24) is 0 Å². The Bertz CT molecular complexity index is 445. The summed E-state index contributed by atoms with van der Waals surface area (Å²) in [7, 11) is -6.85. The number of hydrogen-bond donors (Lipinski definition) is 1. The van der Waals surface area contributed by atoms with Gasteiger partial charge in [0, 0.05) is 0 Å². The smallest absolute Gasteiger partial charge is 0.281 e. The van der Waals surface area contributed by atoms with Crippen LogP contribution in [-0.4, -0.2) is 30.3 Å². The lowest BCUT2D eigenvalue weighted by atomic mass is 10.0. The van der Waals surface area contributed by atoms with Gasteiger partial charge in [-0.2, -0.15) is 39.2 Å². The van der Waals surface area contributed by atoms with Crippen molar-refractivity contribution in [3.63, 3.8) is 0 Å². The van der Waals surface area contributed by atoms with E-state index in [2.05, 4.69) is 20.8 Å². The van der Waals surface area contributed by atoms with Gasteiger partial charge in [0.05, 0.1) is 0 Å². The fraction of sp³-hybridized carbons (Fsp3) is 1.00. The highest BCUT2D eigenvalue weighted by molar-refractivity contribution is 7.87. The summed E-state index contributed by atoms with van der Waals surface area (Å²) in [6, 6.07) is 0. The van der Waals surface area contributed by atoms with Crippen molar-refractivity contribution in [3.05, 3.63) is 0 Å². The molecule has 24 heavy (non-hydrogen) atoms. The van der Waals surface area contributed by atoms with Crippen LogP contribution in [0.1, 0.15) is 59.3 Å². The van der Waals surface area contributed by atoms with E-state index in [0.29, 0.717) is 0 Å². The van der Waals surface area contributed by atoms with Gasteiger partial charge in [0.15, 0.2) is 0 Å². The topological polar surface area (TPSA) is 54.4 Å². The maximum atomic E-state index is 11.9. The van der Waals surface area contributed by atoms with E-state index in [9.17, 15) is 39.2 Å². The summed E-state index contributed by atoms with van der Waals surface area (Å²) < 4.78 is 108. The molecule has 0 rings (SSSR count). The molecule has 0 spiro atoms. The minimum absolute atomic E-state index is 0.904. The standard InChI is InChI=1S/C10H22.C3HF7O3S/c1-4-5-6-7-8-9-10(2)3;4-1(5,2(6,7)8)3(9,10)14(11,12)13/h10H,4-9H2,1-3H3;(H,11,12,13). The first-order valence-corrected chi connectivity index (χ1v) is 8.75. The Morgan fingerprint density at radius 3 is 1.54 bits per heavy atom. The highest BCUT2D eigenvalue weighted by Crippen LogP contribution is 2.48. The van der Waals surface area contributed by atoms with Crippen LogP contribution < -0.4 is 0 Å². The van der Waals surface area contributed by atoms with Gasteiger partial charge in [-0.25, -0.2) is 0 Å². The Morgan fingerprint density at radius 1 is 0.875 bits per heavy atom. The fourth-order valence-corrected chi connectivity index (χ4v) is 1.92. The Hall–Kier alpha value is -0.580. The molecule has 1 N–H and O–H groups in total. The average molecular weight is 392 g/mol. The maximum absolute atomic E-state index is 11.9. The number of hydrogen-bond acceptors (Lipinski definition) is 2. The minimum atomic E-state index is -6.85. The van der Waals surface area contributed by atoms with Gasteiger partial charge < -0.3 is 0 Å². The molecule has 11 heteroatoms. The lowest BCUT2D eigenvalue weighted by molar-refractivity contribution is -0.333. The quantitative estimate of drug-likeness (QED) is 0.329. The van der Waals surface area contributed by atoms with Crippen LogP contribution in [0.5, 0.6) is 0 Å². The first-order valence-electron chi connectivity index (χ1n) is 7.31. The molecule has 0 aliphatic rings. The molecule has 0 heterocycles. The second kappa shape index (κ2) is 9.79. The molecule has 0 aliphatic heterocycles. The normalized spacial score (nSPS) is 13.7. The molecule has 0 saturated heterocycles. The monoisotopic (exact) mass is 392 g/mol. The second-order valence-electron chi connectivity index (χ2n) is 5.66. The minimum Gasteiger partial charge on any atom is -0.281 e. The summed E-state index contributed by atoms with van der Waals surface area (Å²) >= 11 is 0. The van der Waals surface area contributed by atoms with Crippen molar-refractivity contribution in [3.8, 4) is 0 Å². The van der Waals surface area contributed by atoms with E-state index >= 15 is 0 Å². The van der Waals surface area contributed by atoms with Gasteiger partial charge in [0.2, 0.25) is 0 Å². The Kier molecular flexibility index (Phi) is 10.5. The van der Waals surface area contributed by atoms with Crippen molar-refractivity contribution in [1.29, 1.82) is 0 Å². The fourth-order valence-electron chi connectivity index (χ4n) is 1.48. The second-order valence-corrected chi connectivity index (χ2v) is 7.12. The van der Waals surface area contributed by atoms with E-state index < -0.39 is 27.5 Å². The lowest BCUT2D eigenvalue weighted by Crippen LogP contribution is -2.55. The SMILES string of the molecule is CCCCCCCC(C)C.O=S(=O)(O)C(F)(F)C(F)(F)C(F)(F)F. The molecular weight excluding hydrogens is 369 g/mol. The number of rotatable bonds is 8. The molecule has 0 amide bonds. The van der Waals surface area contributed by atoms with Crippen molar-refractivity contribution in [2.45, 2.75) is 76.6 Å². The number of halogens is 7. The van der Waals surface area contributed by atoms with Crippen LogP contribution in [0.4, 0.5) is 30.7 Å². The number of alkyl halides is 7. The molecule has 0 aliphatic carbocycles. The third kappa shape index (κ3) is 8.00. The van der Waals surface area contributed by atoms with Crippen molar-refractivity contribution in [2.75, 3.05) is 0 Å². The van der Waals surface area contributed by atoms with Crippen LogP contribution in [-0.2, 0) is 10.1 Å². The molecule has 148 valence electrons. The van der Waals surface area contributed by atoms with E-state index in [0.717, 1.165) is 5.92 Å². The summed E-state index contributed by atoms with van der Waals surface area (Å²) in [5, 5.41) is -6.61. The molecular formula is C13H23F7O3S. The molecule has 0 aromatic heterocycles. The highest BCUT2D eigenvalue weighted by Gasteiger charge is 2.78. The summed E-state index contributed by atoms with van der Waals surface area (Å²) in [5.74, 6) is -5.95. The predicted octanol–water partition coefficient (Wildman–Crippen LogP) is 5.67. The molecule has 3 nitrogen and oxygen atoms in total. The molecule has 0 atom stereocenters. The van der Waals surface area contributed by atoms with Gasteiger partial charge in [0.25, 0.3) is 0 Å². The van der Waals surface area contributed by atoms with Crippen LogP contribution in [0.2, 0.25) is 0 Å². The zero-order valence-corrected chi connectivity index (χ0v) is 14.5. The zero-order valence-electron chi connectivity index (χ0n) is 13.6. The van der Waals surface area contributed by atoms with Crippen molar-refractivity contribution < 1.29 is 43.7 Å². The molecule has 0 unspecified atom stereocenters. The van der Waals surface area contributed by atoms with Crippen LogP contribution >= 0.6 is 0 Å². The van der Waals surface area contributed by atoms with E-state index in [1.165, 1.54) is 38.5 Å². The first kappa shape index (κ1) is 25.7. The Morgan fingerprint density at radius 2 is 1.29 bits per heavy atom. The summed E-state index contributed by atoms with van der Waals surface area (Å²) in [4.78, 5) is 0. The molecule has 0 fully saturated rings. The molecule has 0 saturated carbocycles. The summed E-state index contributed by atoms with van der Waals surface area (Å²) in [6.07, 6.45) is 1.77. The Labute approximate surface area is 137 Å². The maximum Gasteiger partial charge on any atom is 0.461 e. The van der Waals surface area contributed by atoms with E-state index in [1.54, 1.807) is 0 Å². The first-order chi connectivity index (χ1) is 10.5. The molecule has 0 bridgehead atoms. The summed E-state index contributed by atoms with van der Waals surface area (Å²) in [6.45, 7) is 6.88. The predicted molar refractivity (Wildman–Crippen MR) is 75.7 cm³/mol. The largest absolute Gasteiger partial charge is 0.461 e. The molecule has 0 radical (unpaired) electrons. The van der Waals surface area contributed by atoms with Crippen molar-refractivity contribution in [2.24, 2.45) is 5.92 Å².